The molecule has 0 radical (unpaired) electrons. The highest BCUT2D eigenvalue weighted by atomic mass is 35.5. The summed E-state index contributed by atoms with van der Waals surface area (Å²) < 4.78 is 1.72. The van der Waals surface area contributed by atoms with Gasteiger partial charge in [-0.2, -0.15) is 5.10 Å². The van der Waals surface area contributed by atoms with Crippen LogP contribution in [0.5, 0.6) is 0 Å². The van der Waals surface area contributed by atoms with E-state index < -0.39 is 5.60 Å². The fourth-order valence-electron chi connectivity index (χ4n) is 1.77. The van der Waals surface area contributed by atoms with Crippen molar-refractivity contribution in [3.05, 3.63) is 28.9 Å². The smallest absolute Gasteiger partial charge is 0.159 e. The highest BCUT2D eigenvalue weighted by molar-refractivity contribution is 6.34. The van der Waals surface area contributed by atoms with Crippen LogP contribution in [0, 0.1) is 0 Å². The molecule has 80 valence electrons. The largest absolute Gasteiger partial charge is 0.386 e. The molecule has 1 N–H and O–H groups in total. The molecule has 0 unspecified atom stereocenters. The molecule has 0 aliphatic heterocycles. The van der Waals surface area contributed by atoms with Gasteiger partial charge < -0.3 is 5.11 Å². The summed E-state index contributed by atoms with van der Waals surface area (Å²) in [6.07, 6.45) is 0. The van der Waals surface area contributed by atoms with Crippen LogP contribution in [0.2, 0.25) is 5.15 Å². The highest BCUT2D eigenvalue weighted by Crippen LogP contribution is 2.32. The molecule has 4 heteroatoms. The zero-order valence-corrected chi connectivity index (χ0v) is 9.71. The number of fused-ring (bicyclic) bond motifs is 1. The summed E-state index contributed by atoms with van der Waals surface area (Å²) in [5.41, 5.74) is 0.823. The predicted molar refractivity (Wildman–Crippen MR) is 61.0 cm³/mol. The van der Waals surface area contributed by atoms with Gasteiger partial charge in [0, 0.05) is 12.4 Å². The minimum atomic E-state index is -0.911. The molecule has 0 aliphatic carbocycles. The molecule has 0 atom stereocenters. The Morgan fingerprint density at radius 2 is 2.07 bits per heavy atom. The van der Waals surface area contributed by atoms with Gasteiger partial charge in [0.1, 0.15) is 0 Å². The van der Waals surface area contributed by atoms with Crippen molar-refractivity contribution in [2.24, 2.45) is 7.05 Å². The normalized spacial score (nSPS) is 12.3. The maximum atomic E-state index is 10.0. The Morgan fingerprint density at radius 3 is 2.67 bits per heavy atom. The van der Waals surface area contributed by atoms with E-state index in [0.29, 0.717) is 5.15 Å². The van der Waals surface area contributed by atoms with Crippen LogP contribution in [0.1, 0.15) is 19.4 Å². The van der Waals surface area contributed by atoms with E-state index in [1.54, 1.807) is 18.5 Å². The third kappa shape index (κ3) is 1.62. The van der Waals surface area contributed by atoms with E-state index in [-0.39, 0.29) is 0 Å². The Bertz CT molecular complexity index is 511. The van der Waals surface area contributed by atoms with E-state index in [1.807, 2.05) is 25.2 Å². The fourth-order valence-corrected chi connectivity index (χ4v) is 2.08. The summed E-state index contributed by atoms with van der Waals surface area (Å²) in [4.78, 5) is 0. The number of rotatable bonds is 1. The molecule has 0 spiro atoms. The first-order valence-corrected chi connectivity index (χ1v) is 5.13. The zero-order chi connectivity index (χ0) is 11.2. The molecule has 15 heavy (non-hydrogen) atoms. The van der Waals surface area contributed by atoms with Gasteiger partial charge in [-0.25, -0.2) is 0 Å². The Morgan fingerprint density at radius 1 is 1.40 bits per heavy atom. The van der Waals surface area contributed by atoms with Crippen molar-refractivity contribution in [2.75, 3.05) is 0 Å². The maximum Gasteiger partial charge on any atom is 0.159 e. The van der Waals surface area contributed by atoms with Gasteiger partial charge in [-0.1, -0.05) is 23.7 Å². The second kappa shape index (κ2) is 3.22. The lowest BCUT2D eigenvalue weighted by Gasteiger charge is -2.18. The van der Waals surface area contributed by atoms with Crippen LogP contribution in [-0.2, 0) is 12.6 Å². The van der Waals surface area contributed by atoms with Crippen LogP contribution < -0.4 is 0 Å². The lowest BCUT2D eigenvalue weighted by atomic mass is 9.95. The van der Waals surface area contributed by atoms with Crippen molar-refractivity contribution in [3.63, 3.8) is 0 Å². The standard InChI is InChI=1S/C11H13ClN2O/c1-11(2,15)7-5-4-6-8-9(7)10(12)13-14(8)3/h4-6,15H,1-3H3. The van der Waals surface area contributed by atoms with Gasteiger partial charge in [0.2, 0.25) is 0 Å². The first kappa shape index (κ1) is 10.5. The molecule has 0 fully saturated rings. The SMILES string of the molecule is Cn1nc(Cl)c2c(C(C)(C)O)cccc21. The van der Waals surface area contributed by atoms with Crippen molar-refractivity contribution in [1.82, 2.24) is 9.78 Å². The lowest BCUT2D eigenvalue weighted by molar-refractivity contribution is 0.0802. The summed E-state index contributed by atoms with van der Waals surface area (Å²) >= 11 is 6.05. The van der Waals surface area contributed by atoms with E-state index in [1.165, 1.54) is 0 Å². The molecule has 0 saturated heterocycles. The van der Waals surface area contributed by atoms with Gasteiger partial charge >= 0.3 is 0 Å². The van der Waals surface area contributed by atoms with Crippen LogP contribution >= 0.6 is 11.6 Å². The number of hydrogen-bond donors (Lipinski definition) is 1. The number of halogens is 1. The molecule has 0 aliphatic rings. The number of aliphatic hydroxyl groups is 1. The summed E-state index contributed by atoms with van der Waals surface area (Å²) in [6.45, 7) is 3.48. The summed E-state index contributed by atoms with van der Waals surface area (Å²) in [5, 5.41) is 15.4. The third-order valence-corrected chi connectivity index (χ3v) is 2.76. The Kier molecular flexibility index (Phi) is 2.24. The van der Waals surface area contributed by atoms with Crippen molar-refractivity contribution in [2.45, 2.75) is 19.4 Å². The second-order valence-corrected chi connectivity index (χ2v) is 4.53. The van der Waals surface area contributed by atoms with Crippen LogP contribution in [0.15, 0.2) is 18.2 Å². The summed E-state index contributed by atoms with van der Waals surface area (Å²) in [5.74, 6) is 0. The molecule has 2 rings (SSSR count). The minimum Gasteiger partial charge on any atom is -0.386 e. The van der Waals surface area contributed by atoms with Crippen molar-refractivity contribution in [1.29, 1.82) is 0 Å². The molecule has 0 saturated carbocycles. The fraction of sp³-hybridized carbons (Fsp3) is 0.364. The van der Waals surface area contributed by atoms with E-state index in [0.717, 1.165) is 16.5 Å². The lowest BCUT2D eigenvalue weighted by Crippen LogP contribution is -2.15. The van der Waals surface area contributed by atoms with Crippen molar-refractivity contribution >= 4 is 22.5 Å². The predicted octanol–water partition coefficient (Wildman–Crippen LogP) is 2.45. The van der Waals surface area contributed by atoms with Gasteiger partial charge in [0.05, 0.1) is 11.1 Å². The van der Waals surface area contributed by atoms with Crippen LogP contribution in [0.4, 0.5) is 0 Å². The highest BCUT2D eigenvalue weighted by Gasteiger charge is 2.22. The van der Waals surface area contributed by atoms with E-state index >= 15 is 0 Å². The molecule has 0 amide bonds. The zero-order valence-electron chi connectivity index (χ0n) is 8.95. The molecule has 3 nitrogen and oxygen atoms in total. The number of nitrogens with zero attached hydrogens (tertiary/aromatic N) is 2. The van der Waals surface area contributed by atoms with Crippen molar-refractivity contribution in [3.8, 4) is 0 Å². The van der Waals surface area contributed by atoms with E-state index in [4.69, 9.17) is 11.6 Å². The molecule has 1 aromatic carbocycles. The molecule has 1 aromatic heterocycles. The number of benzene rings is 1. The molecular weight excluding hydrogens is 212 g/mol. The van der Waals surface area contributed by atoms with E-state index in [2.05, 4.69) is 5.10 Å². The Balaban J connectivity index is 2.87. The Hall–Kier alpha value is -1.06. The first-order chi connectivity index (χ1) is 6.91. The monoisotopic (exact) mass is 224 g/mol. The second-order valence-electron chi connectivity index (χ2n) is 4.17. The van der Waals surface area contributed by atoms with Crippen LogP contribution in [0.25, 0.3) is 10.9 Å². The molecule has 2 aromatic rings. The van der Waals surface area contributed by atoms with Gasteiger partial charge in [0.15, 0.2) is 5.15 Å². The average molecular weight is 225 g/mol. The topological polar surface area (TPSA) is 38.0 Å². The first-order valence-electron chi connectivity index (χ1n) is 4.75. The number of aromatic nitrogens is 2. The van der Waals surface area contributed by atoms with Crippen LogP contribution in [-0.4, -0.2) is 14.9 Å². The van der Waals surface area contributed by atoms with Gasteiger partial charge in [0.25, 0.3) is 0 Å². The molecule has 0 bridgehead atoms. The average Bonchev–Trinajstić information content (AvgIpc) is 2.41. The quantitative estimate of drug-likeness (QED) is 0.808. The Labute approximate surface area is 93.3 Å². The van der Waals surface area contributed by atoms with E-state index in [9.17, 15) is 5.11 Å². The van der Waals surface area contributed by atoms with Crippen molar-refractivity contribution < 1.29 is 5.11 Å². The van der Waals surface area contributed by atoms with Gasteiger partial charge in [-0.15, -0.1) is 0 Å². The van der Waals surface area contributed by atoms with Gasteiger partial charge in [-0.05, 0) is 25.5 Å². The summed E-state index contributed by atoms with van der Waals surface area (Å²) in [6, 6.07) is 5.70. The van der Waals surface area contributed by atoms with Gasteiger partial charge in [-0.3, -0.25) is 4.68 Å². The minimum absolute atomic E-state index is 0.435. The van der Waals surface area contributed by atoms with Crippen LogP contribution in [0.3, 0.4) is 0 Å². The number of hydrogen-bond acceptors (Lipinski definition) is 2. The number of aryl methyl sites for hydroxylation is 1. The maximum absolute atomic E-state index is 10.0. The third-order valence-electron chi connectivity index (χ3n) is 2.49. The molecule has 1 heterocycles. The summed E-state index contributed by atoms with van der Waals surface area (Å²) in [7, 11) is 1.84. The molecular formula is C11H13ClN2O.